The number of aryl methyl sites for hydroxylation is 1. The molecule has 0 saturated carbocycles. The number of amides is 3. The minimum Gasteiger partial charge on any atom is -0.444 e. The Morgan fingerprint density at radius 3 is 2.50 bits per heavy atom. The summed E-state index contributed by atoms with van der Waals surface area (Å²) in [6.45, 7) is 10.5. The highest BCUT2D eigenvalue weighted by atomic mass is 32.2. The molecule has 2 rings (SSSR count). The summed E-state index contributed by atoms with van der Waals surface area (Å²) < 4.78 is 5.37. The zero-order valence-corrected chi connectivity index (χ0v) is 23.4. The minimum absolute atomic E-state index is 0.292. The second-order valence-corrected chi connectivity index (χ2v) is 10.7. The summed E-state index contributed by atoms with van der Waals surface area (Å²) in [6, 6.07) is 14.3. The number of ether oxygens (including phenoxy) is 1. The molecule has 0 aliphatic heterocycles. The molecular weight excluding hydrogens is 500 g/mol. The lowest BCUT2D eigenvalue weighted by molar-refractivity contribution is -0.140. The van der Waals surface area contributed by atoms with Gasteiger partial charge in [0.1, 0.15) is 24.2 Å². The van der Waals surface area contributed by atoms with Crippen molar-refractivity contribution < 1.29 is 19.1 Å². The van der Waals surface area contributed by atoms with Crippen LogP contribution in [0.4, 0.5) is 10.5 Å². The van der Waals surface area contributed by atoms with Gasteiger partial charge in [-0.15, -0.1) is 0 Å². The first-order valence-corrected chi connectivity index (χ1v) is 13.6. The molecule has 8 nitrogen and oxygen atoms in total. The van der Waals surface area contributed by atoms with Crippen LogP contribution in [-0.2, 0) is 14.3 Å². The van der Waals surface area contributed by atoms with Crippen LogP contribution in [0.2, 0.25) is 0 Å². The van der Waals surface area contributed by atoms with Crippen LogP contribution in [0.3, 0.4) is 0 Å². The number of alkyl carbamates (subject to hydrolysis) is 1. The molecule has 0 aliphatic carbocycles. The maximum atomic E-state index is 13.9. The molecule has 0 aromatic heterocycles. The van der Waals surface area contributed by atoms with E-state index in [-0.39, 0.29) is 6.54 Å². The lowest BCUT2D eigenvalue weighted by Gasteiger charge is -2.33. The molecule has 0 bridgehead atoms. The number of benzene rings is 2. The number of nitrogens with one attached hydrogen (secondary N) is 2. The number of nitrogens with zero attached hydrogens (tertiary/aromatic N) is 2. The van der Waals surface area contributed by atoms with Crippen molar-refractivity contribution in [1.29, 1.82) is 5.26 Å². The molecule has 2 aromatic carbocycles. The third-order valence-corrected chi connectivity index (χ3v) is 6.19. The predicted octanol–water partition coefficient (Wildman–Crippen LogP) is 5.32. The fourth-order valence-electron chi connectivity index (χ4n) is 3.76. The Morgan fingerprint density at radius 2 is 1.89 bits per heavy atom. The van der Waals surface area contributed by atoms with E-state index in [4.69, 9.17) is 4.74 Å². The average molecular weight is 537 g/mol. The van der Waals surface area contributed by atoms with Gasteiger partial charge in [-0.25, -0.2) is 4.79 Å². The topological polar surface area (TPSA) is 112 Å². The zero-order valence-electron chi connectivity index (χ0n) is 22.6. The predicted molar refractivity (Wildman–Crippen MR) is 153 cm³/mol. The Balaban J connectivity index is 2.53. The smallest absolute Gasteiger partial charge is 0.408 e. The molecule has 0 radical (unpaired) electrons. The highest BCUT2D eigenvalue weighted by Crippen LogP contribution is 2.27. The number of rotatable bonds is 11. The summed E-state index contributed by atoms with van der Waals surface area (Å²) in [7, 11) is 0. The van der Waals surface area contributed by atoms with Crippen LogP contribution < -0.4 is 10.6 Å². The van der Waals surface area contributed by atoms with Gasteiger partial charge in [-0.05, 0) is 74.9 Å². The molecule has 38 heavy (non-hydrogen) atoms. The van der Waals surface area contributed by atoms with Crippen molar-refractivity contribution in [2.75, 3.05) is 23.9 Å². The molecule has 3 amide bonds. The molecule has 2 aromatic rings. The van der Waals surface area contributed by atoms with Crippen LogP contribution in [0.25, 0.3) is 6.08 Å². The van der Waals surface area contributed by atoms with Crippen LogP contribution >= 0.6 is 11.8 Å². The Hall–Kier alpha value is -3.77. The molecule has 2 unspecified atom stereocenters. The van der Waals surface area contributed by atoms with Gasteiger partial charge in [0, 0.05) is 5.69 Å². The summed E-state index contributed by atoms with van der Waals surface area (Å²) in [5, 5.41) is 15.2. The Morgan fingerprint density at radius 1 is 1.18 bits per heavy atom. The van der Waals surface area contributed by atoms with Crippen molar-refractivity contribution >= 4 is 41.4 Å². The monoisotopic (exact) mass is 536 g/mol. The molecule has 0 saturated heterocycles. The molecule has 202 valence electrons. The minimum atomic E-state index is -1.14. The summed E-state index contributed by atoms with van der Waals surface area (Å²) in [4.78, 5) is 41.5. The van der Waals surface area contributed by atoms with Gasteiger partial charge in [0.25, 0.3) is 5.91 Å². The summed E-state index contributed by atoms with van der Waals surface area (Å²) in [5.41, 5.74) is 1.95. The second kappa shape index (κ2) is 14.2. The first kappa shape index (κ1) is 30.5. The van der Waals surface area contributed by atoms with E-state index in [1.54, 1.807) is 57.2 Å². The molecular formula is C29H36N4O4S. The normalized spacial score (nSPS) is 12.4. The molecule has 0 aliphatic rings. The van der Waals surface area contributed by atoms with Gasteiger partial charge < -0.3 is 20.3 Å². The fourth-order valence-corrected chi connectivity index (χ4v) is 4.23. The van der Waals surface area contributed by atoms with Crippen molar-refractivity contribution in [3.05, 3.63) is 71.8 Å². The largest absolute Gasteiger partial charge is 0.444 e. The Labute approximate surface area is 229 Å². The summed E-state index contributed by atoms with van der Waals surface area (Å²) in [6.07, 6.45) is 3.08. The first-order chi connectivity index (χ1) is 18.0. The van der Waals surface area contributed by atoms with Crippen molar-refractivity contribution in [2.24, 2.45) is 0 Å². The van der Waals surface area contributed by atoms with Crippen LogP contribution in [0.5, 0.6) is 0 Å². The van der Waals surface area contributed by atoms with Crippen molar-refractivity contribution in [3.63, 3.8) is 0 Å². The summed E-state index contributed by atoms with van der Waals surface area (Å²) >= 11 is 1.51. The third kappa shape index (κ3) is 8.96. The van der Waals surface area contributed by atoms with E-state index in [1.807, 2.05) is 37.4 Å². The number of hydrogen-bond donors (Lipinski definition) is 2. The number of nitriles is 1. The van der Waals surface area contributed by atoms with Crippen LogP contribution in [-0.4, -0.2) is 53.0 Å². The van der Waals surface area contributed by atoms with Gasteiger partial charge in [0.05, 0.1) is 6.07 Å². The lowest BCUT2D eigenvalue weighted by atomic mass is 9.99. The Kier molecular flexibility index (Phi) is 11.4. The quantitative estimate of drug-likeness (QED) is 0.376. The molecule has 2 atom stereocenters. The molecule has 9 heteroatoms. The second-order valence-electron chi connectivity index (χ2n) is 9.69. The Bertz CT molecular complexity index is 1190. The van der Waals surface area contributed by atoms with E-state index < -0.39 is 35.6 Å². The van der Waals surface area contributed by atoms with Gasteiger partial charge in [0.2, 0.25) is 5.91 Å². The zero-order chi connectivity index (χ0) is 28.3. The molecule has 0 heterocycles. The standard InChI is InChI=1S/C29H36N4O4S/c1-7-21-12-10-13-22(19-21)25(26(34)31-23-14-9-8-11-20(23)2)33(17-16-30)27(35)24(15-18-38-6)32-28(36)37-29(3,4)5/h7-14,19,24-25H,1,15,17-18H2,2-6H3,(H,31,34)(H,32,36). The number of carbonyl (C=O) groups excluding carboxylic acids is 3. The lowest BCUT2D eigenvalue weighted by Crippen LogP contribution is -2.52. The van der Waals surface area contributed by atoms with Crippen LogP contribution in [0.15, 0.2) is 55.1 Å². The highest BCUT2D eigenvalue weighted by molar-refractivity contribution is 7.98. The van der Waals surface area contributed by atoms with Crippen LogP contribution in [0.1, 0.15) is 49.9 Å². The van der Waals surface area contributed by atoms with E-state index in [0.29, 0.717) is 23.4 Å². The maximum absolute atomic E-state index is 13.9. The van der Waals surface area contributed by atoms with E-state index in [2.05, 4.69) is 17.2 Å². The van der Waals surface area contributed by atoms with E-state index in [9.17, 15) is 19.6 Å². The maximum Gasteiger partial charge on any atom is 0.408 e. The number of anilines is 1. The van der Waals surface area contributed by atoms with E-state index >= 15 is 0 Å². The SMILES string of the molecule is C=Cc1cccc(C(C(=O)Nc2ccccc2C)N(CC#N)C(=O)C(CCSC)NC(=O)OC(C)(C)C)c1. The summed E-state index contributed by atoms with van der Waals surface area (Å²) in [5.74, 6) is -0.469. The van der Waals surface area contributed by atoms with Crippen molar-refractivity contribution in [2.45, 2.75) is 51.8 Å². The number of para-hydroxylation sites is 1. The van der Waals surface area contributed by atoms with Crippen molar-refractivity contribution in [3.8, 4) is 6.07 Å². The molecule has 0 fully saturated rings. The molecule has 2 N–H and O–H groups in total. The molecule has 0 spiro atoms. The fraction of sp³-hybridized carbons (Fsp3) is 0.379. The first-order valence-electron chi connectivity index (χ1n) is 12.3. The van der Waals surface area contributed by atoms with Gasteiger partial charge >= 0.3 is 6.09 Å². The highest BCUT2D eigenvalue weighted by Gasteiger charge is 2.36. The number of thioether (sulfide) groups is 1. The average Bonchev–Trinajstić information content (AvgIpc) is 2.86. The third-order valence-electron chi connectivity index (χ3n) is 5.55. The van der Waals surface area contributed by atoms with Crippen LogP contribution in [0, 0.1) is 18.3 Å². The van der Waals surface area contributed by atoms with Crippen molar-refractivity contribution in [1.82, 2.24) is 10.2 Å². The number of hydrogen-bond acceptors (Lipinski definition) is 6. The van der Waals surface area contributed by atoms with Gasteiger partial charge in [-0.3, -0.25) is 9.59 Å². The number of carbonyl (C=O) groups is 3. The van der Waals surface area contributed by atoms with Gasteiger partial charge in [-0.1, -0.05) is 49.1 Å². The van der Waals surface area contributed by atoms with E-state index in [0.717, 1.165) is 11.1 Å². The van der Waals surface area contributed by atoms with E-state index in [1.165, 1.54) is 16.7 Å². The van der Waals surface area contributed by atoms with Gasteiger partial charge in [-0.2, -0.15) is 17.0 Å². The van der Waals surface area contributed by atoms with Gasteiger partial charge in [0.15, 0.2) is 0 Å².